The number of amides is 1. The number of H-pyrrole nitrogens is 1. The minimum Gasteiger partial charge on any atom is -0.494 e. The molecular formula is C24H21ClFN5O3. The van der Waals surface area contributed by atoms with E-state index in [9.17, 15) is 19.4 Å². The fraction of sp³-hybridized carbons (Fsp3) is 0.208. The fourth-order valence-electron chi connectivity index (χ4n) is 4.02. The number of aromatic amines is 1. The van der Waals surface area contributed by atoms with E-state index in [4.69, 9.17) is 11.6 Å². The zero-order valence-electron chi connectivity index (χ0n) is 17.9. The number of benzene rings is 2. The van der Waals surface area contributed by atoms with Crippen molar-refractivity contribution in [1.29, 1.82) is 0 Å². The molecule has 174 valence electrons. The number of halogens is 2. The molecule has 5 rings (SSSR count). The van der Waals surface area contributed by atoms with Crippen molar-refractivity contribution in [3.63, 3.8) is 0 Å². The summed E-state index contributed by atoms with van der Waals surface area (Å²) in [5.74, 6) is -0.358. The van der Waals surface area contributed by atoms with Crippen molar-refractivity contribution in [3.05, 3.63) is 65.1 Å². The zero-order valence-corrected chi connectivity index (χ0v) is 18.7. The van der Waals surface area contributed by atoms with Gasteiger partial charge in [0.15, 0.2) is 5.82 Å². The Balaban J connectivity index is 1.42. The summed E-state index contributed by atoms with van der Waals surface area (Å²) in [6.07, 6.45) is 2.56. The monoisotopic (exact) mass is 481 g/mol. The number of fused-ring (bicyclic) bond motifs is 1. The van der Waals surface area contributed by atoms with E-state index in [0.29, 0.717) is 23.1 Å². The van der Waals surface area contributed by atoms with Gasteiger partial charge in [-0.3, -0.25) is 4.79 Å². The second-order valence-electron chi connectivity index (χ2n) is 8.10. The van der Waals surface area contributed by atoms with Crippen LogP contribution in [0.1, 0.15) is 12.0 Å². The van der Waals surface area contributed by atoms with E-state index in [1.807, 2.05) is 12.1 Å². The van der Waals surface area contributed by atoms with Crippen molar-refractivity contribution in [2.45, 2.75) is 18.9 Å². The lowest BCUT2D eigenvalue weighted by Gasteiger charge is -2.40. The number of hydrogen-bond donors (Lipinski definition) is 4. The molecule has 1 unspecified atom stereocenters. The Kier molecular flexibility index (Phi) is 5.80. The molecule has 2 aromatic heterocycles. The molecule has 0 bridgehead atoms. The van der Waals surface area contributed by atoms with Gasteiger partial charge in [-0.2, -0.15) is 0 Å². The summed E-state index contributed by atoms with van der Waals surface area (Å²) in [4.78, 5) is 25.6. The van der Waals surface area contributed by atoms with Crippen LogP contribution in [-0.2, 0) is 11.2 Å². The summed E-state index contributed by atoms with van der Waals surface area (Å²) < 4.78 is 14.5. The minimum atomic E-state index is -0.558. The number of carbonyl (C=O) groups is 1. The quantitative estimate of drug-likeness (QED) is 0.331. The molecule has 10 heteroatoms. The van der Waals surface area contributed by atoms with Crippen LogP contribution in [0.15, 0.2) is 48.7 Å². The fourth-order valence-corrected chi connectivity index (χ4v) is 4.26. The Morgan fingerprint density at radius 2 is 2.03 bits per heavy atom. The van der Waals surface area contributed by atoms with Gasteiger partial charge < -0.3 is 25.4 Å². The molecule has 1 amide bonds. The molecule has 3 heterocycles. The number of nitrogens with one attached hydrogen (secondary N) is 2. The van der Waals surface area contributed by atoms with E-state index >= 15 is 0 Å². The SMILES string of the molecule is O=C(Cc1ccc(Nc2nc(-c3c(F)cccc3Cl)nc3c[nH]c(O)c23)cc1)N1CCC1CO. The lowest BCUT2D eigenvalue weighted by Crippen LogP contribution is -2.53. The third-order valence-corrected chi connectivity index (χ3v) is 6.27. The molecule has 0 saturated carbocycles. The van der Waals surface area contributed by atoms with Crippen molar-refractivity contribution in [2.75, 3.05) is 18.5 Å². The number of carbonyl (C=O) groups excluding carboxylic acids is 1. The standard InChI is InChI=1S/C24H21ClFN5O3/c25-16-2-1-3-17(26)20(16)22-29-18-11-27-24(34)21(18)23(30-22)28-14-6-4-13(5-7-14)10-19(33)31-9-8-15(31)12-32/h1-7,11,15,27,32,34H,8-10,12H2,(H,28,29,30). The van der Waals surface area contributed by atoms with Crippen LogP contribution in [-0.4, -0.2) is 55.2 Å². The molecule has 0 aliphatic carbocycles. The highest BCUT2D eigenvalue weighted by molar-refractivity contribution is 6.33. The Hall–Kier alpha value is -3.69. The maximum Gasteiger partial charge on any atom is 0.227 e. The summed E-state index contributed by atoms with van der Waals surface area (Å²) in [5.41, 5.74) is 1.94. The minimum absolute atomic E-state index is 0.0198. The van der Waals surface area contributed by atoms with Gasteiger partial charge in [0.25, 0.3) is 0 Å². The molecule has 1 fully saturated rings. The summed E-state index contributed by atoms with van der Waals surface area (Å²) in [6, 6.07) is 11.5. The highest BCUT2D eigenvalue weighted by Crippen LogP contribution is 2.35. The van der Waals surface area contributed by atoms with E-state index in [2.05, 4.69) is 20.3 Å². The van der Waals surface area contributed by atoms with Gasteiger partial charge in [-0.1, -0.05) is 29.8 Å². The van der Waals surface area contributed by atoms with E-state index in [0.717, 1.165) is 12.0 Å². The van der Waals surface area contributed by atoms with Gasteiger partial charge in [0.2, 0.25) is 11.8 Å². The van der Waals surface area contributed by atoms with Crippen LogP contribution >= 0.6 is 11.6 Å². The Bertz CT molecular complexity index is 1350. The summed E-state index contributed by atoms with van der Waals surface area (Å²) in [6.45, 7) is 0.649. The second kappa shape index (κ2) is 8.92. The highest BCUT2D eigenvalue weighted by Gasteiger charge is 2.31. The van der Waals surface area contributed by atoms with Gasteiger partial charge >= 0.3 is 0 Å². The predicted molar refractivity (Wildman–Crippen MR) is 127 cm³/mol. The van der Waals surface area contributed by atoms with Gasteiger partial charge in [0.1, 0.15) is 17.0 Å². The van der Waals surface area contributed by atoms with Crippen LogP contribution in [0, 0.1) is 5.82 Å². The smallest absolute Gasteiger partial charge is 0.227 e. The molecule has 1 saturated heterocycles. The van der Waals surface area contributed by atoms with Gasteiger partial charge in [0.05, 0.1) is 35.2 Å². The van der Waals surface area contributed by atoms with Gasteiger partial charge in [-0.25, -0.2) is 14.4 Å². The Labute approximate surface area is 199 Å². The largest absolute Gasteiger partial charge is 0.494 e. The van der Waals surface area contributed by atoms with Crippen molar-refractivity contribution < 1.29 is 19.4 Å². The van der Waals surface area contributed by atoms with E-state index in [1.165, 1.54) is 18.3 Å². The Morgan fingerprint density at radius 3 is 2.71 bits per heavy atom. The molecule has 4 N–H and O–H groups in total. The number of nitrogens with zero attached hydrogens (tertiary/aromatic N) is 3. The number of likely N-dealkylation sites (tertiary alicyclic amines) is 1. The normalized spacial score (nSPS) is 15.4. The molecule has 8 nitrogen and oxygen atoms in total. The average molecular weight is 482 g/mol. The lowest BCUT2D eigenvalue weighted by molar-refractivity contribution is -0.139. The molecule has 0 radical (unpaired) electrons. The van der Waals surface area contributed by atoms with Gasteiger partial charge in [-0.05, 0) is 36.2 Å². The number of aliphatic hydroxyl groups is 1. The molecular weight excluding hydrogens is 461 g/mol. The number of aliphatic hydroxyl groups excluding tert-OH is 1. The molecule has 1 atom stereocenters. The Morgan fingerprint density at radius 1 is 1.24 bits per heavy atom. The van der Waals surface area contributed by atoms with E-state index in [-0.39, 0.29) is 53.1 Å². The molecule has 1 aliphatic rings. The molecule has 0 spiro atoms. The van der Waals surface area contributed by atoms with Crippen LogP contribution in [0.2, 0.25) is 5.02 Å². The van der Waals surface area contributed by atoms with Crippen LogP contribution in [0.3, 0.4) is 0 Å². The van der Waals surface area contributed by atoms with Gasteiger partial charge in [-0.15, -0.1) is 0 Å². The molecule has 2 aromatic carbocycles. The molecule has 34 heavy (non-hydrogen) atoms. The first-order chi connectivity index (χ1) is 16.4. The van der Waals surface area contributed by atoms with Crippen molar-refractivity contribution in [2.24, 2.45) is 0 Å². The van der Waals surface area contributed by atoms with Crippen LogP contribution < -0.4 is 5.32 Å². The molecule has 4 aromatic rings. The van der Waals surface area contributed by atoms with Crippen LogP contribution in [0.4, 0.5) is 15.9 Å². The third-order valence-electron chi connectivity index (χ3n) is 5.95. The number of aromatic hydroxyl groups is 1. The summed E-state index contributed by atoms with van der Waals surface area (Å²) in [7, 11) is 0. The number of hydrogen-bond acceptors (Lipinski definition) is 6. The van der Waals surface area contributed by atoms with Crippen molar-refractivity contribution in [1.82, 2.24) is 19.9 Å². The maximum atomic E-state index is 14.5. The van der Waals surface area contributed by atoms with Crippen molar-refractivity contribution >= 4 is 39.9 Å². The first-order valence-corrected chi connectivity index (χ1v) is 11.1. The van der Waals surface area contributed by atoms with E-state index < -0.39 is 5.82 Å². The van der Waals surface area contributed by atoms with Gasteiger partial charge in [0, 0.05) is 18.4 Å². The maximum absolute atomic E-state index is 14.5. The predicted octanol–water partition coefficient (Wildman–Crippen LogP) is 4.00. The summed E-state index contributed by atoms with van der Waals surface area (Å²) in [5, 5.41) is 23.2. The molecule has 1 aliphatic heterocycles. The first kappa shape index (κ1) is 22.1. The number of anilines is 2. The number of rotatable bonds is 6. The second-order valence-corrected chi connectivity index (χ2v) is 8.51. The van der Waals surface area contributed by atoms with Crippen LogP contribution in [0.25, 0.3) is 22.3 Å². The zero-order chi connectivity index (χ0) is 23.8. The highest BCUT2D eigenvalue weighted by atomic mass is 35.5. The average Bonchev–Trinajstić information content (AvgIpc) is 3.15. The third kappa shape index (κ3) is 4.04. The number of aromatic nitrogens is 3. The lowest BCUT2D eigenvalue weighted by atomic mass is 10.0. The van der Waals surface area contributed by atoms with Crippen molar-refractivity contribution in [3.8, 4) is 17.3 Å². The first-order valence-electron chi connectivity index (χ1n) is 10.7. The van der Waals surface area contributed by atoms with Crippen LogP contribution in [0.5, 0.6) is 5.88 Å². The topological polar surface area (TPSA) is 114 Å². The summed E-state index contributed by atoms with van der Waals surface area (Å²) >= 11 is 6.20. The van der Waals surface area contributed by atoms with E-state index in [1.54, 1.807) is 23.1 Å².